The summed E-state index contributed by atoms with van der Waals surface area (Å²) in [5.74, 6) is 0.292. The van der Waals surface area contributed by atoms with Crippen LogP contribution < -0.4 is 21.3 Å². The Labute approximate surface area is 182 Å². The van der Waals surface area contributed by atoms with E-state index in [1.54, 1.807) is 0 Å². The Morgan fingerprint density at radius 2 is 1.77 bits per heavy atom. The zero-order valence-corrected chi connectivity index (χ0v) is 17.9. The number of carbonyl (C=O) groups is 1. The summed E-state index contributed by atoms with van der Waals surface area (Å²) >= 11 is 0. The van der Waals surface area contributed by atoms with Crippen LogP contribution in [0.4, 0.5) is 23.0 Å². The quantitative estimate of drug-likeness (QED) is 0.553. The Morgan fingerprint density at radius 1 is 1.10 bits per heavy atom. The van der Waals surface area contributed by atoms with E-state index in [-0.39, 0.29) is 17.8 Å². The first kappa shape index (κ1) is 21.3. The van der Waals surface area contributed by atoms with Gasteiger partial charge in [-0.3, -0.25) is 4.79 Å². The van der Waals surface area contributed by atoms with Gasteiger partial charge in [-0.1, -0.05) is 0 Å². The van der Waals surface area contributed by atoms with Crippen LogP contribution in [0.3, 0.4) is 0 Å². The number of primary amides is 1. The van der Waals surface area contributed by atoms with Crippen molar-refractivity contribution in [2.45, 2.75) is 37.8 Å². The van der Waals surface area contributed by atoms with E-state index in [1.807, 2.05) is 12.1 Å². The van der Waals surface area contributed by atoms with E-state index >= 15 is 0 Å². The molecule has 1 saturated carbocycles. The molecule has 0 spiro atoms. The minimum absolute atomic E-state index is 0.104. The van der Waals surface area contributed by atoms with E-state index in [0.29, 0.717) is 11.6 Å². The summed E-state index contributed by atoms with van der Waals surface area (Å²) in [6.45, 7) is 4.12. The largest absolute Gasteiger partial charge is 0.393 e. The van der Waals surface area contributed by atoms with Gasteiger partial charge in [0.15, 0.2) is 11.5 Å². The Kier molecular flexibility index (Phi) is 6.53. The van der Waals surface area contributed by atoms with Crippen LogP contribution in [0.5, 0.6) is 0 Å². The van der Waals surface area contributed by atoms with Crippen molar-refractivity contribution >= 4 is 28.9 Å². The van der Waals surface area contributed by atoms with Gasteiger partial charge >= 0.3 is 0 Å². The lowest BCUT2D eigenvalue weighted by Crippen LogP contribution is -2.44. The summed E-state index contributed by atoms with van der Waals surface area (Å²) in [6.07, 6.45) is 4.61. The number of likely N-dealkylation sites (N-methyl/N-ethyl adjacent to an activating group) is 1. The van der Waals surface area contributed by atoms with Gasteiger partial charge < -0.3 is 31.3 Å². The van der Waals surface area contributed by atoms with Crippen molar-refractivity contribution in [3.05, 3.63) is 36.2 Å². The number of hydrogen-bond acceptors (Lipinski definition) is 8. The molecule has 9 heteroatoms. The number of nitrogens with zero attached hydrogens (tertiary/aromatic N) is 4. The van der Waals surface area contributed by atoms with E-state index in [0.717, 1.165) is 57.5 Å². The number of benzene rings is 1. The minimum Gasteiger partial charge on any atom is -0.393 e. The molecule has 31 heavy (non-hydrogen) atoms. The molecule has 1 amide bonds. The summed E-state index contributed by atoms with van der Waals surface area (Å²) < 4.78 is 0. The van der Waals surface area contributed by atoms with Crippen LogP contribution in [0.15, 0.2) is 30.5 Å². The van der Waals surface area contributed by atoms with Crippen molar-refractivity contribution in [1.29, 1.82) is 0 Å². The first-order valence-corrected chi connectivity index (χ1v) is 10.9. The maximum atomic E-state index is 11.9. The van der Waals surface area contributed by atoms with E-state index in [9.17, 15) is 9.90 Å². The molecule has 1 saturated heterocycles. The summed E-state index contributed by atoms with van der Waals surface area (Å²) in [4.78, 5) is 25.3. The lowest BCUT2D eigenvalue weighted by Gasteiger charge is -2.34. The van der Waals surface area contributed by atoms with Crippen molar-refractivity contribution in [2.24, 2.45) is 5.73 Å². The molecule has 166 valence electrons. The average Bonchev–Trinajstić information content (AvgIpc) is 2.76. The van der Waals surface area contributed by atoms with Gasteiger partial charge in [0.2, 0.25) is 0 Å². The zero-order valence-electron chi connectivity index (χ0n) is 17.9. The van der Waals surface area contributed by atoms with Gasteiger partial charge in [0.25, 0.3) is 5.91 Å². The highest BCUT2D eigenvalue weighted by Crippen LogP contribution is 2.25. The van der Waals surface area contributed by atoms with Crippen molar-refractivity contribution in [2.75, 3.05) is 48.8 Å². The monoisotopic (exact) mass is 425 g/mol. The number of aromatic nitrogens is 2. The Morgan fingerprint density at radius 3 is 2.42 bits per heavy atom. The smallest absolute Gasteiger partial charge is 0.271 e. The first-order valence-electron chi connectivity index (χ1n) is 10.9. The number of amides is 1. The number of rotatable bonds is 6. The molecule has 2 aromatic rings. The van der Waals surface area contributed by atoms with Gasteiger partial charge in [-0.05, 0) is 57.0 Å². The van der Waals surface area contributed by atoms with E-state index in [1.165, 1.54) is 11.9 Å². The highest BCUT2D eigenvalue weighted by Gasteiger charge is 2.21. The molecule has 2 aliphatic rings. The van der Waals surface area contributed by atoms with Crippen LogP contribution in [0.25, 0.3) is 0 Å². The molecule has 1 aliphatic carbocycles. The molecule has 9 nitrogen and oxygen atoms in total. The molecule has 1 aromatic carbocycles. The fraction of sp³-hybridized carbons (Fsp3) is 0.500. The van der Waals surface area contributed by atoms with Gasteiger partial charge in [0.1, 0.15) is 5.82 Å². The summed E-state index contributed by atoms with van der Waals surface area (Å²) in [7, 11) is 2.14. The third kappa shape index (κ3) is 5.42. The number of aliphatic hydroxyl groups excluding tert-OH is 1. The molecule has 0 bridgehead atoms. The first-order chi connectivity index (χ1) is 15.0. The number of aliphatic hydroxyl groups is 1. The number of piperazine rings is 1. The molecule has 0 radical (unpaired) electrons. The van der Waals surface area contributed by atoms with Crippen LogP contribution >= 0.6 is 0 Å². The normalized spacial score (nSPS) is 22.2. The number of hydrogen-bond donors (Lipinski definition) is 4. The maximum Gasteiger partial charge on any atom is 0.271 e. The fourth-order valence-corrected chi connectivity index (χ4v) is 4.11. The second kappa shape index (κ2) is 9.49. The predicted octanol–water partition coefficient (Wildman–Crippen LogP) is 1.79. The van der Waals surface area contributed by atoms with E-state index < -0.39 is 5.91 Å². The number of nitrogens with one attached hydrogen (secondary N) is 2. The van der Waals surface area contributed by atoms with Gasteiger partial charge in [-0.25, -0.2) is 9.97 Å². The Balaban J connectivity index is 1.46. The fourth-order valence-electron chi connectivity index (χ4n) is 4.11. The second-order valence-electron chi connectivity index (χ2n) is 8.43. The SMILES string of the molecule is CN1CCN(c2ccc(Nc3nc(NC4CCC(O)CC4)cnc3C(N)=O)cc2)CC1. The van der Waals surface area contributed by atoms with Crippen LogP contribution in [0.2, 0.25) is 0 Å². The number of nitrogens with two attached hydrogens (primary N) is 1. The molecule has 1 aliphatic heterocycles. The lowest BCUT2D eigenvalue weighted by atomic mass is 9.93. The molecule has 5 N–H and O–H groups in total. The maximum absolute atomic E-state index is 11.9. The van der Waals surface area contributed by atoms with Crippen molar-refractivity contribution < 1.29 is 9.90 Å². The molecular formula is C22H31N7O2. The van der Waals surface area contributed by atoms with Gasteiger partial charge in [0, 0.05) is 43.6 Å². The average molecular weight is 426 g/mol. The Hall–Kier alpha value is -2.91. The van der Waals surface area contributed by atoms with Crippen LogP contribution in [0.1, 0.15) is 36.2 Å². The molecule has 0 atom stereocenters. The molecule has 4 rings (SSSR count). The van der Waals surface area contributed by atoms with Gasteiger partial charge in [-0.15, -0.1) is 0 Å². The summed E-state index contributed by atoms with van der Waals surface area (Å²) in [6, 6.07) is 8.32. The molecule has 1 aromatic heterocycles. The third-order valence-corrected chi connectivity index (χ3v) is 6.05. The Bertz CT molecular complexity index is 889. The summed E-state index contributed by atoms with van der Waals surface area (Å²) in [5.41, 5.74) is 7.60. The van der Waals surface area contributed by atoms with Crippen molar-refractivity contribution in [3.63, 3.8) is 0 Å². The molecular weight excluding hydrogens is 394 g/mol. The number of anilines is 4. The number of carbonyl (C=O) groups excluding carboxylic acids is 1. The predicted molar refractivity (Wildman–Crippen MR) is 122 cm³/mol. The van der Waals surface area contributed by atoms with Gasteiger partial charge in [-0.2, -0.15) is 0 Å². The van der Waals surface area contributed by atoms with Crippen LogP contribution in [-0.4, -0.2) is 71.3 Å². The summed E-state index contributed by atoms with van der Waals surface area (Å²) in [5, 5.41) is 16.2. The van der Waals surface area contributed by atoms with Crippen LogP contribution in [0, 0.1) is 0 Å². The molecule has 2 fully saturated rings. The standard InChI is InChI=1S/C22H31N7O2/c1-28-10-12-29(13-11-28)17-6-2-16(3-7-17)26-22-20(21(23)31)24-14-19(27-22)25-15-4-8-18(30)9-5-15/h2-3,6-7,14-15,18,30H,4-5,8-13H2,1H3,(H2,23,31)(H2,25,26,27). The third-order valence-electron chi connectivity index (χ3n) is 6.05. The van der Waals surface area contributed by atoms with E-state index in [4.69, 9.17) is 5.73 Å². The van der Waals surface area contributed by atoms with Crippen LogP contribution in [-0.2, 0) is 0 Å². The molecule has 2 heterocycles. The van der Waals surface area contributed by atoms with E-state index in [2.05, 4.69) is 49.6 Å². The lowest BCUT2D eigenvalue weighted by molar-refractivity contribution is 0.0996. The highest BCUT2D eigenvalue weighted by atomic mass is 16.3. The van der Waals surface area contributed by atoms with Gasteiger partial charge in [0.05, 0.1) is 12.3 Å². The minimum atomic E-state index is -0.628. The molecule has 0 unspecified atom stereocenters. The zero-order chi connectivity index (χ0) is 21.8. The highest BCUT2D eigenvalue weighted by molar-refractivity contribution is 5.96. The topological polar surface area (TPSA) is 120 Å². The second-order valence-corrected chi connectivity index (χ2v) is 8.43. The van der Waals surface area contributed by atoms with Crippen molar-refractivity contribution in [3.8, 4) is 0 Å². The van der Waals surface area contributed by atoms with Crippen molar-refractivity contribution in [1.82, 2.24) is 14.9 Å².